The Kier molecular flexibility index (Phi) is 6.42. The maximum Gasteiger partial charge on any atom is 0.255 e. The highest BCUT2D eigenvalue weighted by Crippen LogP contribution is 2.46. The Balaban J connectivity index is 1.64. The Morgan fingerprint density at radius 1 is 1.26 bits per heavy atom. The van der Waals surface area contributed by atoms with Gasteiger partial charge in [-0.15, -0.1) is 0 Å². The third-order valence-corrected chi connectivity index (χ3v) is 7.07. The van der Waals surface area contributed by atoms with Gasteiger partial charge in [-0.1, -0.05) is 0 Å². The van der Waals surface area contributed by atoms with E-state index >= 15 is 8.78 Å². The quantitative estimate of drug-likeness (QED) is 0.262. The standard InChI is InChI=1S/C28H27F2N5O4/c1-34(2)7-9-39-28(37)25-23(18-4-3-6-31-27(18)36)24-22(12-20(30)17-5-8-38-26(17)24)35(25)14-16-10-15-13-32-33-21(15)11-19(16)29/h3-4,6,10-13,28,37H,5,7-9,14H2,1-2H3,(H,31,36)(H,32,33). The normalized spacial score (nSPS) is 13.9. The van der Waals surface area contributed by atoms with Gasteiger partial charge in [-0.3, -0.25) is 9.89 Å². The lowest BCUT2D eigenvalue weighted by Gasteiger charge is -2.19. The van der Waals surface area contributed by atoms with Crippen LogP contribution in [0.5, 0.6) is 5.75 Å². The zero-order valence-corrected chi connectivity index (χ0v) is 21.4. The number of fused-ring (bicyclic) bond motifs is 4. The van der Waals surface area contributed by atoms with Gasteiger partial charge >= 0.3 is 0 Å². The van der Waals surface area contributed by atoms with Crippen LogP contribution in [-0.4, -0.2) is 63.6 Å². The molecule has 0 fully saturated rings. The van der Waals surface area contributed by atoms with Gasteiger partial charge in [-0.05, 0) is 44.4 Å². The predicted molar refractivity (Wildman–Crippen MR) is 142 cm³/mol. The summed E-state index contributed by atoms with van der Waals surface area (Å²) in [5.41, 5.74) is 1.98. The molecule has 9 nitrogen and oxygen atoms in total. The molecule has 0 aliphatic carbocycles. The average molecular weight is 536 g/mol. The molecular formula is C28H27F2N5O4. The van der Waals surface area contributed by atoms with Crippen LogP contribution in [0.15, 0.2) is 47.5 Å². The SMILES string of the molecule is CN(C)CCOC(O)c1c(-c2ccc[nH]c2=O)c2c3c(c(F)cc2n1Cc1cc2cn[nH]c2cc1F)CCO3. The number of nitrogens with zero attached hydrogens (tertiary/aromatic N) is 3. The van der Waals surface area contributed by atoms with Crippen molar-refractivity contribution >= 4 is 21.8 Å². The Morgan fingerprint density at radius 2 is 2.10 bits per heavy atom. The second-order valence-corrected chi connectivity index (χ2v) is 9.85. The van der Waals surface area contributed by atoms with Crippen molar-refractivity contribution in [3.63, 3.8) is 0 Å². The van der Waals surface area contributed by atoms with E-state index in [1.54, 1.807) is 29.0 Å². The van der Waals surface area contributed by atoms with E-state index in [0.29, 0.717) is 51.6 Å². The van der Waals surface area contributed by atoms with Gasteiger partial charge in [0.1, 0.15) is 17.4 Å². The van der Waals surface area contributed by atoms with Gasteiger partial charge in [0.05, 0.1) is 48.1 Å². The van der Waals surface area contributed by atoms with Crippen LogP contribution < -0.4 is 10.3 Å². The van der Waals surface area contributed by atoms with Crippen molar-refractivity contribution in [1.29, 1.82) is 0 Å². The molecule has 2 aromatic carbocycles. The summed E-state index contributed by atoms with van der Waals surface area (Å²) in [4.78, 5) is 17.6. The van der Waals surface area contributed by atoms with Crippen molar-refractivity contribution in [1.82, 2.24) is 24.6 Å². The second-order valence-electron chi connectivity index (χ2n) is 9.85. The first-order chi connectivity index (χ1) is 18.8. The van der Waals surface area contributed by atoms with Crippen molar-refractivity contribution < 1.29 is 23.4 Å². The maximum absolute atomic E-state index is 15.4. The fraction of sp³-hybridized carbons (Fsp3) is 0.286. The summed E-state index contributed by atoms with van der Waals surface area (Å²) < 4.78 is 44.0. The molecule has 1 atom stereocenters. The number of aromatic nitrogens is 4. The molecule has 1 aliphatic rings. The Bertz CT molecular complexity index is 1760. The minimum atomic E-state index is -1.51. The topological polar surface area (TPSA) is 108 Å². The highest BCUT2D eigenvalue weighted by Gasteiger charge is 2.32. The highest BCUT2D eigenvalue weighted by molar-refractivity contribution is 6.03. The minimum absolute atomic E-state index is 0.0736. The highest BCUT2D eigenvalue weighted by atomic mass is 19.1. The molecule has 5 aromatic rings. The number of likely N-dealkylation sites (N-methyl/N-ethyl adjacent to an activating group) is 1. The van der Waals surface area contributed by atoms with E-state index in [9.17, 15) is 9.90 Å². The van der Waals surface area contributed by atoms with E-state index in [0.717, 1.165) is 0 Å². The number of H-pyrrole nitrogens is 2. The largest absolute Gasteiger partial charge is 0.492 e. The number of aliphatic hydroxyl groups excluding tert-OH is 1. The molecule has 6 rings (SSSR count). The lowest BCUT2D eigenvalue weighted by Crippen LogP contribution is -2.21. The Morgan fingerprint density at radius 3 is 2.90 bits per heavy atom. The third kappa shape index (κ3) is 4.38. The number of rotatable bonds is 8. The molecule has 39 heavy (non-hydrogen) atoms. The molecule has 3 N–H and O–H groups in total. The average Bonchev–Trinajstić information content (AvgIpc) is 3.62. The monoisotopic (exact) mass is 535 g/mol. The lowest BCUT2D eigenvalue weighted by molar-refractivity contribution is -0.108. The van der Waals surface area contributed by atoms with Crippen molar-refractivity contribution in [2.45, 2.75) is 19.3 Å². The molecular weight excluding hydrogens is 508 g/mol. The van der Waals surface area contributed by atoms with Crippen LogP contribution in [0.3, 0.4) is 0 Å². The first-order valence-electron chi connectivity index (χ1n) is 12.6. The van der Waals surface area contributed by atoms with Gasteiger partial charge in [0.15, 0.2) is 6.29 Å². The van der Waals surface area contributed by atoms with E-state index in [1.165, 1.54) is 18.3 Å². The number of benzene rings is 2. The number of aromatic amines is 2. The molecule has 11 heteroatoms. The molecule has 0 saturated carbocycles. The summed E-state index contributed by atoms with van der Waals surface area (Å²) >= 11 is 0. The molecule has 3 aromatic heterocycles. The lowest BCUT2D eigenvalue weighted by atomic mass is 10.00. The number of ether oxygens (including phenoxy) is 2. The number of aliphatic hydroxyl groups is 1. The number of hydrogen-bond acceptors (Lipinski definition) is 6. The van der Waals surface area contributed by atoms with Gasteiger partial charge in [0.25, 0.3) is 5.56 Å². The molecule has 0 radical (unpaired) electrons. The fourth-order valence-electron chi connectivity index (χ4n) is 5.20. The summed E-state index contributed by atoms with van der Waals surface area (Å²) in [7, 11) is 3.75. The molecule has 4 heterocycles. The molecule has 0 bridgehead atoms. The molecule has 0 saturated heterocycles. The van der Waals surface area contributed by atoms with Crippen molar-refractivity contribution in [2.75, 3.05) is 33.9 Å². The van der Waals surface area contributed by atoms with Gasteiger partial charge < -0.3 is 29.0 Å². The van der Waals surface area contributed by atoms with E-state index < -0.39 is 23.5 Å². The van der Waals surface area contributed by atoms with Gasteiger partial charge in [-0.2, -0.15) is 5.10 Å². The fourth-order valence-corrected chi connectivity index (χ4v) is 5.20. The molecule has 1 aliphatic heterocycles. The summed E-state index contributed by atoms with van der Waals surface area (Å²) in [5, 5.41) is 19.3. The first kappa shape index (κ1) is 25.2. The summed E-state index contributed by atoms with van der Waals surface area (Å²) in [6.07, 6.45) is 1.95. The Labute approximate surface area is 221 Å². The first-order valence-corrected chi connectivity index (χ1v) is 12.6. The van der Waals surface area contributed by atoms with E-state index in [1.807, 2.05) is 19.0 Å². The second kappa shape index (κ2) is 9.92. The number of hydrogen-bond donors (Lipinski definition) is 3. The minimum Gasteiger partial charge on any atom is -0.492 e. The van der Waals surface area contributed by atoms with Crippen LogP contribution in [0.4, 0.5) is 8.78 Å². The molecule has 0 spiro atoms. The molecule has 1 unspecified atom stereocenters. The smallest absolute Gasteiger partial charge is 0.255 e. The van der Waals surface area contributed by atoms with Gasteiger partial charge in [0.2, 0.25) is 0 Å². The van der Waals surface area contributed by atoms with E-state index in [4.69, 9.17) is 9.47 Å². The van der Waals surface area contributed by atoms with Crippen molar-refractivity contribution in [2.24, 2.45) is 0 Å². The van der Waals surface area contributed by atoms with Crippen molar-refractivity contribution in [3.05, 3.63) is 81.5 Å². The summed E-state index contributed by atoms with van der Waals surface area (Å²) in [5.74, 6) is -0.656. The zero-order chi connectivity index (χ0) is 27.3. The number of pyridine rings is 1. The molecule has 202 valence electrons. The third-order valence-electron chi connectivity index (χ3n) is 7.07. The zero-order valence-electron chi connectivity index (χ0n) is 21.4. The number of halogens is 2. The van der Waals surface area contributed by atoms with Gasteiger partial charge in [0, 0.05) is 46.8 Å². The van der Waals surface area contributed by atoms with E-state index in [-0.39, 0.29) is 36.6 Å². The van der Waals surface area contributed by atoms with Crippen molar-refractivity contribution in [3.8, 4) is 16.9 Å². The van der Waals surface area contributed by atoms with Crippen LogP contribution in [-0.2, 0) is 17.7 Å². The van der Waals surface area contributed by atoms with Gasteiger partial charge in [-0.25, -0.2) is 8.78 Å². The summed E-state index contributed by atoms with van der Waals surface area (Å²) in [6.45, 7) is 0.913. The van der Waals surface area contributed by atoms with Crippen LogP contribution >= 0.6 is 0 Å². The molecule has 0 amide bonds. The van der Waals surface area contributed by atoms with Crippen LogP contribution in [0.25, 0.3) is 32.9 Å². The Hall–Kier alpha value is -4.06. The number of nitrogens with one attached hydrogen (secondary N) is 2. The van der Waals surface area contributed by atoms with Crippen LogP contribution in [0.1, 0.15) is 23.1 Å². The predicted octanol–water partition coefficient (Wildman–Crippen LogP) is 3.70. The van der Waals surface area contributed by atoms with Crippen LogP contribution in [0.2, 0.25) is 0 Å². The summed E-state index contributed by atoms with van der Waals surface area (Å²) in [6, 6.07) is 7.64. The van der Waals surface area contributed by atoms with Crippen LogP contribution in [0, 0.1) is 11.6 Å². The maximum atomic E-state index is 15.4. The van der Waals surface area contributed by atoms with E-state index in [2.05, 4.69) is 15.2 Å².